The number of amides is 1. The van der Waals surface area contributed by atoms with Gasteiger partial charge in [-0.1, -0.05) is 19.9 Å². The number of hydrogen-bond donors (Lipinski definition) is 0. The van der Waals surface area contributed by atoms with Crippen LogP contribution in [-0.4, -0.2) is 37.0 Å². The molecule has 0 aromatic heterocycles. The molecule has 0 spiro atoms. The molecule has 1 atom stereocenters. The monoisotopic (exact) mass is 307 g/mol. The molecule has 1 amide bonds. The molecule has 0 aliphatic carbocycles. The van der Waals surface area contributed by atoms with Gasteiger partial charge in [-0.25, -0.2) is 4.79 Å². The van der Waals surface area contributed by atoms with Crippen LogP contribution in [0.15, 0.2) is 18.2 Å². The Kier molecular flexibility index (Phi) is 5.52. The number of rotatable bonds is 6. The Morgan fingerprint density at radius 1 is 1.27 bits per heavy atom. The first-order valence-corrected chi connectivity index (χ1v) is 7.83. The summed E-state index contributed by atoms with van der Waals surface area (Å²) in [6, 6.07) is 5.96. The molecule has 1 aromatic carbocycles. The van der Waals surface area contributed by atoms with Crippen LogP contribution >= 0.6 is 0 Å². The first kappa shape index (κ1) is 16.5. The maximum Gasteiger partial charge on any atom is 0.410 e. The number of hydrogen-bond acceptors (Lipinski definition) is 4. The molecule has 1 aliphatic rings. The quantitative estimate of drug-likeness (QED) is 0.807. The molecule has 22 heavy (non-hydrogen) atoms. The summed E-state index contributed by atoms with van der Waals surface area (Å²) in [5, 5.41) is 0. The summed E-state index contributed by atoms with van der Waals surface area (Å²) in [6.45, 7) is 9.41. The summed E-state index contributed by atoms with van der Waals surface area (Å²) in [7, 11) is 0. The molecule has 0 bridgehead atoms. The number of carbonyl (C=O) groups excluding carboxylic acids is 1. The lowest BCUT2D eigenvalue weighted by molar-refractivity contribution is 0.0817. The third-order valence-electron chi connectivity index (χ3n) is 3.62. The second-order valence-electron chi connectivity index (χ2n) is 6.00. The molecular formula is C17H25NO4. The normalized spacial score (nSPS) is 14.0. The van der Waals surface area contributed by atoms with Crippen LogP contribution in [0, 0.1) is 5.92 Å². The summed E-state index contributed by atoms with van der Waals surface area (Å²) < 4.78 is 16.0. The molecular weight excluding hydrogens is 282 g/mol. The summed E-state index contributed by atoms with van der Waals surface area (Å²) in [5.74, 6) is 1.89. The van der Waals surface area contributed by atoms with Crippen LogP contribution in [-0.2, 0) is 11.2 Å². The van der Waals surface area contributed by atoms with Gasteiger partial charge in [0.1, 0.15) is 0 Å². The molecule has 1 aliphatic heterocycles. The van der Waals surface area contributed by atoms with Gasteiger partial charge < -0.3 is 19.1 Å². The zero-order chi connectivity index (χ0) is 16.1. The van der Waals surface area contributed by atoms with Crippen molar-refractivity contribution in [3.05, 3.63) is 23.8 Å². The topological polar surface area (TPSA) is 48.0 Å². The number of nitrogens with zero attached hydrogens (tertiary/aromatic N) is 1. The van der Waals surface area contributed by atoms with E-state index in [1.165, 1.54) is 0 Å². The molecule has 2 rings (SSSR count). The van der Waals surface area contributed by atoms with Crippen molar-refractivity contribution in [3.8, 4) is 11.5 Å². The van der Waals surface area contributed by atoms with Gasteiger partial charge >= 0.3 is 6.09 Å². The number of benzene rings is 1. The molecule has 0 unspecified atom stereocenters. The van der Waals surface area contributed by atoms with Crippen molar-refractivity contribution in [1.29, 1.82) is 0 Å². The highest BCUT2D eigenvalue weighted by Crippen LogP contribution is 2.33. The van der Waals surface area contributed by atoms with Crippen LogP contribution in [0.25, 0.3) is 0 Å². The molecule has 1 heterocycles. The van der Waals surface area contributed by atoms with Gasteiger partial charge in [-0.2, -0.15) is 0 Å². The molecule has 0 fully saturated rings. The van der Waals surface area contributed by atoms with E-state index in [0.29, 0.717) is 19.1 Å². The summed E-state index contributed by atoms with van der Waals surface area (Å²) >= 11 is 0. The van der Waals surface area contributed by atoms with Gasteiger partial charge in [0.25, 0.3) is 0 Å². The fourth-order valence-corrected chi connectivity index (χ4v) is 2.46. The van der Waals surface area contributed by atoms with E-state index in [0.717, 1.165) is 23.5 Å². The SMILES string of the molecule is CCN(C(=O)OCC(C)C)[C@@H](C)Cc1ccc2c(c1)OCO2. The lowest BCUT2D eigenvalue weighted by atomic mass is 10.1. The van der Waals surface area contributed by atoms with Crippen molar-refractivity contribution in [2.45, 2.75) is 40.2 Å². The average molecular weight is 307 g/mol. The number of likely N-dealkylation sites (N-methyl/N-ethyl adjacent to an activating group) is 1. The van der Waals surface area contributed by atoms with Gasteiger partial charge in [-0.05, 0) is 43.9 Å². The molecule has 1 aromatic rings. The van der Waals surface area contributed by atoms with Crippen LogP contribution in [0.5, 0.6) is 11.5 Å². The van der Waals surface area contributed by atoms with Crippen molar-refractivity contribution < 1.29 is 19.0 Å². The van der Waals surface area contributed by atoms with E-state index >= 15 is 0 Å². The van der Waals surface area contributed by atoms with E-state index in [2.05, 4.69) is 0 Å². The van der Waals surface area contributed by atoms with Gasteiger partial charge in [0.2, 0.25) is 6.79 Å². The van der Waals surface area contributed by atoms with E-state index < -0.39 is 0 Å². The molecule has 0 radical (unpaired) electrons. The van der Waals surface area contributed by atoms with Gasteiger partial charge in [0, 0.05) is 12.6 Å². The molecule has 0 N–H and O–H groups in total. The Morgan fingerprint density at radius 3 is 2.68 bits per heavy atom. The number of ether oxygens (including phenoxy) is 3. The highest BCUT2D eigenvalue weighted by atomic mass is 16.7. The fourth-order valence-electron chi connectivity index (χ4n) is 2.46. The highest BCUT2D eigenvalue weighted by Gasteiger charge is 2.21. The maximum absolute atomic E-state index is 12.2. The summed E-state index contributed by atoms with van der Waals surface area (Å²) in [4.78, 5) is 13.9. The standard InChI is InChI=1S/C17H25NO4/c1-5-18(17(19)20-10-12(2)3)13(4)8-14-6-7-15-16(9-14)22-11-21-15/h6-7,9,12-13H,5,8,10-11H2,1-4H3/t13-/m0/s1. The van der Waals surface area contributed by atoms with Gasteiger partial charge in [0.05, 0.1) is 6.61 Å². The Hall–Kier alpha value is -1.91. The Labute approximate surface area is 132 Å². The average Bonchev–Trinajstić information content (AvgIpc) is 2.93. The van der Waals surface area contributed by atoms with Gasteiger partial charge in [-0.15, -0.1) is 0 Å². The second-order valence-corrected chi connectivity index (χ2v) is 6.00. The second kappa shape index (κ2) is 7.38. The maximum atomic E-state index is 12.2. The number of fused-ring (bicyclic) bond motifs is 1. The Balaban J connectivity index is 1.96. The third kappa shape index (κ3) is 4.06. The summed E-state index contributed by atoms with van der Waals surface area (Å²) in [6.07, 6.45) is 0.505. The van der Waals surface area contributed by atoms with Crippen molar-refractivity contribution in [3.63, 3.8) is 0 Å². The third-order valence-corrected chi connectivity index (χ3v) is 3.62. The predicted molar refractivity (Wildman–Crippen MR) is 84.3 cm³/mol. The van der Waals surface area contributed by atoms with Gasteiger partial charge in [-0.3, -0.25) is 0 Å². The van der Waals surface area contributed by atoms with Crippen molar-refractivity contribution in [2.75, 3.05) is 19.9 Å². The lowest BCUT2D eigenvalue weighted by Gasteiger charge is -2.27. The number of carbonyl (C=O) groups is 1. The smallest absolute Gasteiger partial charge is 0.410 e. The molecule has 0 saturated heterocycles. The van der Waals surface area contributed by atoms with Crippen LogP contribution in [0.4, 0.5) is 4.79 Å². The van der Waals surface area contributed by atoms with Crippen molar-refractivity contribution >= 4 is 6.09 Å². The van der Waals surface area contributed by atoms with Crippen LogP contribution < -0.4 is 9.47 Å². The Morgan fingerprint density at radius 2 is 2.00 bits per heavy atom. The van der Waals surface area contributed by atoms with Crippen LogP contribution in [0.1, 0.15) is 33.3 Å². The fraction of sp³-hybridized carbons (Fsp3) is 0.588. The molecule has 5 heteroatoms. The first-order valence-electron chi connectivity index (χ1n) is 7.83. The summed E-state index contributed by atoms with van der Waals surface area (Å²) in [5.41, 5.74) is 1.12. The zero-order valence-electron chi connectivity index (χ0n) is 13.8. The van der Waals surface area contributed by atoms with Crippen molar-refractivity contribution in [2.24, 2.45) is 5.92 Å². The minimum Gasteiger partial charge on any atom is -0.454 e. The molecule has 0 saturated carbocycles. The van der Waals surface area contributed by atoms with E-state index in [4.69, 9.17) is 14.2 Å². The molecule has 122 valence electrons. The van der Waals surface area contributed by atoms with Crippen molar-refractivity contribution in [1.82, 2.24) is 4.90 Å². The minimum atomic E-state index is -0.246. The van der Waals surface area contributed by atoms with E-state index in [1.807, 2.05) is 45.9 Å². The van der Waals surface area contributed by atoms with E-state index in [1.54, 1.807) is 4.90 Å². The van der Waals surface area contributed by atoms with E-state index in [-0.39, 0.29) is 18.9 Å². The van der Waals surface area contributed by atoms with E-state index in [9.17, 15) is 4.79 Å². The first-order chi connectivity index (χ1) is 10.5. The highest BCUT2D eigenvalue weighted by molar-refractivity contribution is 5.68. The molecule has 5 nitrogen and oxygen atoms in total. The minimum absolute atomic E-state index is 0.0602. The van der Waals surface area contributed by atoms with Crippen LogP contribution in [0.3, 0.4) is 0 Å². The van der Waals surface area contributed by atoms with Crippen LogP contribution in [0.2, 0.25) is 0 Å². The Bertz CT molecular complexity index is 515. The largest absolute Gasteiger partial charge is 0.454 e. The van der Waals surface area contributed by atoms with Gasteiger partial charge in [0.15, 0.2) is 11.5 Å². The zero-order valence-corrected chi connectivity index (χ0v) is 13.8. The lowest BCUT2D eigenvalue weighted by Crippen LogP contribution is -2.40. The predicted octanol–water partition coefficient (Wildman–Crippen LogP) is 3.46.